The number of hydrogen-bond donors (Lipinski definition) is 2. The summed E-state index contributed by atoms with van der Waals surface area (Å²) in [5.74, 6) is 0.195. The van der Waals surface area contributed by atoms with Gasteiger partial charge in [-0.3, -0.25) is 10.1 Å². The molecule has 30 heavy (non-hydrogen) atoms. The third kappa shape index (κ3) is 4.98. The van der Waals surface area contributed by atoms with Crippen molar-refractivity contribution >= 4 is 27.5 Å². The Morgan fingerprint density at radius 1 is 1.03 bits per heavy atom. The zero-order valence-corrected chi connectivity index (χ0v) is 17.5. The van der Waals surface area contributed by atoms with Crippen LogP contribution in [0.3, 0.4) is 0 Å². The van der Waals surface area contributed by atoms with Crippen molar-refractivity contribution in [1.82, 2.24) is 20.4 Å². The van der Waals surface area contributed by atoms with Crippen molar-refractivity contribution in [3.05, 3.63) is 59.9 Å². The molecule has 4 rings (SSSR count). The number of nitrogens with zero attached hydrogens (tertiary/aromatic N) is 4. The number of ether oxygens (including phenoxy) is 1. The lowest BCUT2D eigenvalue weighted by Crippen LogP contribution is -2.25. The van der Waals surface area contributed by atoms with Gasteiger partial charge in [0.2, 0.25) is 10.3 Å². The average Bonchev–Trinajstić information content (AvgIpc) is 3.23. The number of aromatic nitrogens is 4. The van der Waals surface area contributed by atoms with Gasteiger partial charge in [-0.05, 0) is 43.4 Å². The van der Waals surface area contributed by atoms with E-state index >= 15 is 0 Å². The predicted octanol–water partition coefficient (Wildman–Crippen LogP) is 3.79. The van der Waals surface area contributed by atoms with Crippen molar-refractivity contribution in [3.63, 3.8) is 0 Å². The van der Waals surface area contributed by atoms with Gasteiger partial charge in [0.25, 0.3) is 5.91 Å². The van der Waals surface area contributed by atoms with E-state index in [2.05, 4.69) is 31.0 Å². The molecule has 1 atom stereocenters. The fraction of sp³-hybridized carbons (Fsp3) is 0.381. The van der Waals surface area contributed by atoms with Crippen LogP contribution in [0.4, 0.5) is 10.3 Å². The Hall–Kier alpha value is -2.91. The zero-order valence-electron chi connectivity index (χ0n) is 16.7. The third-order valence-corrected chi connectivity index (χ3v) is 6.07. The minimum absolute atomic E-state index is 0.268. The van der Waals surface area contributed by atoms with Crippen molar-refractivity contribution < 1.29 is 9.53 Å². The Morgan fingerprint density at radius 2 is 1.80 bits per heavy atom. The van der Waals surface area contributed by atoms with E-state index in [1.165, 1.54) is 18.4 Å². The van der Waals surface area contributed by atoms with Gasteiger partial charge in [-0.1, -0.05) is 41.7 Å². The SMILES string of the molecule is CO[C@H](C(=O)Nc1nnc(N[C@H]2CC[C@H](c3cccnn3)CC2)s1)c1ccccc1. The van der Waals surface area contributed by atoms with Crippen molar-refractivity contribution in [2.45, 2.75) is 43.7 Å². The largest absolute Gasteiger partial charge is 0.367 e. The standard InChI is InChI=1S/C21H24N6O2S/c1-29-18(15-6-3-2-4-7-15)19(28)24-21-27-26-20(30-21)23-16-11-9-14(10-12-16)17-8-5-13-22-25-17/h2-8,13-14,16,18H,9-12H2,1H3,(H,23,26)(H,24,27,28)/t14-,16-,18-/m0/s1. The molecule has 2 heterocycles. The molecule has 3 aromatic rings. The maximum absolute atomic E-state index is 12.6. The predicted molar refractivity (Wildman–Crippen MR) is 115 cm³/mol. The summed E-state index contributed by atoms with van der Waals surface area (Å²) in [4.78, 5) is 12.6. The molecule has 8 nitrogen and oxygen atoms in total. The van der Waals surface area contributed by atoms with E-state index in [4.69, 9.17) is 4.74 Å². The van der Waals surface area contributed by atoms with Crippen LogP contribution >= 0.6 is 11.3 Å². The molecule has 0 saturated heterocycles. The van der Waals surface area contributed by atoms with Crippen LogP contribution < -0.4 is 10.6 Å². The fourth-order valence-corrected chi connectivity index (χ4v) is 4.49. The summed E-state index contributed by atoms with van der Waals surface area (Å²) >= 11 is 1.33. The van der Waals surface area contributed by atoms with E-state index in [0.29, 0.717) is 22.2 Å². The lowest BCUT2D eigenvalue weighted by molar-refractivity contribution is -0.126. The number of carbonyl (C=O) groups is 1. The average molecular weight is 425 g/mol. The maximum atomic E-state index is 12.6. The van der Waals surface area contributed by atoms with Gasteiger partial charge in [-0.25, -0.2) is 0 Å². The number of nitrogens with one attached hydrogen (secondary N) is 2. The molecule has 0 bridgehead atoms. The van der Waals surface area contributed by atoms with E-state index in [1.54, 1.807) is 6.20 Å². The molecule has 0 unspecified atom stereocenters. The van der Waals surface area contributed by atoms with E-state index in [9.17, 15) is 4.79 Å². The summed E-state index contributed by atoms with van der Waals surface area (Å²) in [6.45, 7) is 0. The highest BCUT2D eigenvalue weighted by Gasteiger charge is 2.25. The van der Waals surface area contributed by atoms with Crippen LogP contribution in [0.1, 0.15) is 49.0 Å². The normalized spacial score (nSPS) is 19.8. The smallest absolute Gasteiger partial charge is 0.259 e. The monoisotopic (exact) mass is 424 g/mol. The van der Waals surface area contributed by atoms with Crippen LogP contribution in [0.15, 0.2) is 48.7 Å². The third-order valence-electron chi connectivity index (χ3n) is 5.30. The summed E-state index contributed by atoms with van der Waals surface area (Å²) in [5, 5.41) is 23.9. The van der Waals surface area contributed by atoms with Gasteiger partial charge in [0.05, 0.1) is 5.69 Å². The van der Waals surface area contributed by atoms with E-state index in [0.717, 1.165) is 36.9 Å². The van der Waals surface area contributed by atoms with Crippen molar-refractivity contribution in [3.8, 4) is 0 Å². The van der Waals surface area contributed by atoms with Crippen LogP contribution in [0, 0.1) is 0 Å². The first-order valence-electron chi connectivity index (χ1n) is 9.99. The van der Waals surface area contributed by atoms with Gasteiger partial charge in [0.15, 0.2) is 6.10 Å². The van der Waals surface area contributed by atoms with Crippen LogP contribution in [0.2, 0.25) is 0 Å². The fourth-order valence-electron chi connectivity index (χ4n) is 3.76. The Morgan fingerprint density at radius 3 is 2.50 bits per heavy atom. The maximum Gasteiger partial charge on any atom is 0.259 e. The second kappa shape index (κ2) is 9.73. The van der Waals surface area contributed by atoms with Gasteiger partial charge in [0.1, 0.15) is 0 Å². The molecule has 1 aromatic carbocycles. The summed E-state index contributed by atoms with van der Waals surface area (Å²) < 4.78 is 5.36. The van der Waals surface area contributed by atoms with Gasteiger partial charge >= 0.3 is 0 Å². The first-order valence-corrected chi connectivity index (χ1v) is 10.8. The van der Waals surface area contributed by atoms with Crippen LogP contribution in [0.5, 0.6) is 0 Å². The number of methoxy groups -OCH3 is 1. The molecule has 0 radical (unpaired) electrons. The molecule has 0 spiro atoms. The molecule has 1 saturated carbocycles. The Labute approximate surface area is 179 Å². The molecule has 1 aliphatic rings. The van der Waals surface area contributed by atoms with Crippen LogP contribution in [-0.4, -0.2) is 39.5 Å². The van der Waals surface area contributed by atoms with Crippen molar-refractivity contribution in [1.29, 1.82) is 0 Å². The quantitative estimate of drug-likeness (QED) is 0.595. The first kappa shape index (κ1) is 20.4. The molecule has 156 valence electrons. The Bertz CT molecular complexity index is 944. The van der Waals surface area contributed by atoms with E-state index < -0.39 is 6.10 Å². The van der Waals surface area contributed by atoms with Gasteiger partial charge in [-0.15, -0.1) is 10.2 Å². The molecule has 1 aliphatic carbocycles. The summed E-state index contributed by atoms with van der Waals surface area (Å²) in [5.41, 5.74) is 1.86. The van der Waals surface area contributed by atoms with Crippen molar-refractivity contribution in [2.24, 2.45) is 0 Å². The van der Waals surface area contributed by atoms with Gasteiger partial charge in [0, 0.05) is 25.3 Å². The van der Waals surface area contributed by atoms with Crippen molar-refractivity contribution in [2.75, 3.05) is 17.7 Å². The molecule has 1 fully saturated rings. The minimum atomic E-state index is -0.692. The minimum Gasteiger partial charge on any atom is -0.367 e. The lowest BCUT2D eigenvalue weighted by Gasteiger charge is -2.28. The Kier molecular flexibility index (Phi) is 6.60. The molecule has 0 aliphatic heterocycles. The number of anilines is 2. The van der Waals surface area contributed by atoms with Gasteiger partial charge in [-0.2, -0.15) is 10.2 Å². The Balaban J connectivity index is 1.30. The second-order valence-electron chi connectivity index (χ2n) is 7.27. The van der Waals surface area contributed by atoms with E-state index in [-0.39, 0.29) is 5.91 Å². The highest BCUT2D eigenvalue weighted by molar-refractivity contribution is 7.19. The number of hydrogen-bond acceptors (Lipinski definition) is 8. The van der Waals surface area contributed by atoms with Crippen LogP contribution in [-0.2, 0) is 9.53 Å². The number of rotatable bonds is 7. The highest BCUT2D eigenvalue weighted by Crippen LogP contribution is 2.33. The second-order valence-corrected chi connectivity index (χ2v) is 8.25. The lowest BCUT2D eigenvalue weighted by atomic mass is 9.84. The van der Waals surface area contributed by atoms with Crippen LogP contribution in [0.25, 0.3) is 0 Å². The molecule has 1 amide bonds. The highest BCUT2D eigenvalue weighted by atomic mass is 32.1. The van der Waals surface area contributed by atoms with Gasteiger partial charge < -0.3 is 10.1 Å². The molecule has 2 N–H and O–H groups in total. The zero-order chi connectivity index (χ0) is 20.8. The molecular weight excluding hydrogens is 400 g/mol. The van der Waals surface area contributed by atoms with E-state index in [1.807, 2.05) is 42.5 Å². The summed E-state index contributed by atoms with van der Waals surface area (Å²) in [6.07, 6.45) is 5.20. The number of carbonyl (C=O) groups excluding carboxylic acids is 1. The first-order chi connectivity index (χ1) is 14.7. The molecule has 2 aromatic heterocycles. The summed E-state index contributed by atoms with van der Waals surface area (Å²) in [6, 6.07) is 13.7. The number of benzene rings is 1. The summed E-state index contributed by atoms with van der Waals surface area (Å²) in [7, 11) is 1.52. The molecular formula is C21H24N6O2S. The molecule has 9 heteroatoms. The number of amides is 1. The topological polar surface area (TPSA) is 102 Å².